The van der Waals surface area contributed by atoms with Crippen molar-refractivity contribution < 1.29 is 24.9 Å². The number of aliphatic hydroxyl groups is 1. The molecule has 0 aliphatic rings. The highest BCUT2D eigenvalue weighted by Crippen LogP contribution is 2.27. The summed E-state index contributed by atoms with van der Waals surface area (Å²) in [5, 5.41) is 30.9. The molecule has 1 rings (SSSR count). The number of nitrogens with one attached hydrogen (secondary N) is 1. The van der Waals surface area contributed by atoms with Gasteiger partial charge in [0.05, 0.1) is 17.8 Å². The van der Waals surface area contributed by atoms with E-state index in [0.29, 0.717) is 6.54 Å². The maximum absolute atomic E-state index is 12.1. The maximum atomic E-state index is 12.1. The molecule has 0 aliphatic heterocycles. The topological polar surface area (TPSA) is 110 Å². The second-order valence-electron chi connectivity index (χ2n) is 5.26. The summed E-state index contributed by atoms with van der Waals surface area (Å²) in [6, 6.07) is 3.53. The van der Waals surface area contributed by atoms with Crippen LogP contribution in [-0.2, 0) is 0 Å². The average molecular weight is 296 g/mol. The fourth-order valence-electron chi connectivity index (χ4n) is 1.81. The Bertz CT molecular complexity index is 537. The van der Waals surface area contributed by atoms with Crippen molar-refractivity contribution in [3.8, 4) is 5.75 Å². The second-order valence-corrected chi connectivity index (χ2v) is 5.26. The van der Waals surface area contributed by atoms with E-state index in [1.807, 2.05) is 0 Å². The van der Waals surface area contributed by atoms with Gasteiger partial charge < -0.3 is 25.5 Å². The van der Waals surface area contributed by atoms with Crippen molar-refractivity contribution in [2.45, 2.75) is 26.4 Å². The summed E-state index contributed by atoms with van der Waals surface area (Å²) in [7, 11) is 0. The molecule has 0 bridgehead atoms. The third kappa shape index (κ3) is 4.64. The van der Waals surface area contributed by atoms with Crippen molar-refractivity contribution in [2.24, 2.45) is 0 Å². The largest absolute Gasteiger partial charge is 0.505 e. The van der Waals surface area contributed by atoms with Crippen LogP contribution in [0.3, 0.4) is 0 Å². The van der Waals surface area contributed by atoms with Crippen molar-refractivity contribution >= 4 is 17.7 Å². The third-order valence-electron chi connectivity index (χ3n) is 2.75. The number of rotatable bonds is 5. The van der Waals surface area contributed by atoms with Crippen LogP contribution in [0.15, 0.2) is 18.2 Å². The summed E-state index contributed by atoms with van der Waals surface area (Å²) < 4.78 is 0. The van der Waals surface area contributed by atoms with Gasteiger partial charge >= 0.3 is 12.0 Å². The number of phenols is 1. The molecule has 0 aromatic heterocycles. The molecule has 21 heavy (non-hydrogen) atoms. The lowest BCUT2D eigenvalue weighted by molar-refractivity contribution is 0.0501. The van der Waals surface area contributed by atoms with Crippen LogP contribution in [0.25, 0.3) is 0 Å². The molecule has 0 spiro atoms. The van der Waals surface area contributed by atoms with E-state index in [4.69, 9.17) is 5.11 Å². The molecule has 1 aromatic carbocycles. The summed E-state index contributed by atoms with van der Waals surface area (Å²) in [5.41, 5.74) is -1.34. The molecule has 7 heteroatoms. The van der Waals surface area contributed by atoms with E-state index in [9.17, 15) is 19.8 Å². The van der Waals surface area contributed by atoms with E-state index < -0.39 is 23.4 Å². The molecule has 0 fully saturated rings. The minimum absolute atomic E-state index is 0.00842. The number of benzene rings is 1. The Morgan fingerprint density at radius 1 is 1.33 bits per heavy atom. The zero-order valence-electron chi connectivity index (χ0n) is 12.3. The Labute approximate surface area is 122 Å². The number of urea groups is 1. The number of hydrogen-bond acceptors (Lipinski definition) is 4. The van der Waals surface area contributed by atoms with Gasteiger partial charge in [0.1, 0.15) is 5.56 Å². The van der Waals surface area contributed by atoms with Crippen molar-refractivity contribution in [3.05, 3.63) is 23.8 Å². The number of anilines is 1. The minimum Gasteiger partial charge on any atom is -0.505 e. The van der Waals surface area contributed by atoms with Crippen molar-refractivity contribution in [1.82, 2.24) is 4.90 Å². The van der Waals surface area contributed by atoms with Gasteiger partial charge in [0, 0.05) is 6.54 Å². The number of carbonyl (C=O) groups excluding carboxylic acids is 1. The number of likely N-dealkylation sites (N-methyl/N-ethyl adjacent to an activating group) is 1. The number of carboxylic acids is 1. The number of para-hydroxylation sites is 1. The maximum Gasteiger partial charge on any atom is 0.339 e. The highest BCUT2D eigenvalue weighted by molar-refractivity contribution is 5.97. The molecule has 116 valence electrons. The van der Waals surface area contributed by atoms with Gasteiger partial charge in [-0.05, 0) is 32.9 Å². The summed E-state index contributed by atoms with van der Waals surface area (Å²) >= 11 is 0. The Hall–Kier alpha value is -2.28. The van der Waals surface area contributed by atoms with Crippen LogP contribution in [0.4, 0.5) is 10.5 Å². The molecule has 0 saturated carbocycles. The van der Waals surface area contributed by atoms with Crippen LogP contribution in [0.5, 0.6) is 5.75 Å². The van der Waals surface area contributed by atoms with Gasteiger partial charge in [0.15, 0.2) is 5.75 Å². The monoisotopic (exact) mass is 296 g/mol. The average Bonchev–Trinajstić information content (AvgIpc) is 2.36. The van der Waals surface area contributed by atoms with Gasteiger partial charge in [-0.25, -0.2) is 9.59 Å². The highest BCUT2D eigenvalue weighted by Gasteiger charge is 2.22. The quantitative estimate of drug-likeness (QED) is 0.618. The lowest BCUT2D eigenvalue weighted by atomic mass is 10.1. The number of aromatic carboxylic acids is 1. The Balaban J connectivity index is 2.92. The molecule has 7 nitrogen and oxygen atoms in total. The van der Waals surface area contributed by atoms with Crippen molar-refractivity contribution in [1.29, 1.82) is 0 Å². The fraction of sp³-hybridized carbons (Fsp3) is 0.429. The molecule has 0 aliphatic carbocycles. The predicted molar refractivity (Wildman–Crippen MR) is 77.6 cm³/mol. The molecular weight excluding hydrogens is 276 g/mol. The number of carboxylic acid groups (broad SMARTS) is 1. The lowest BCUT2D eigenvalue weighted by Crippen LogP contribution is -2.44. The molecule has 0 atom stereocenters. The predicted octanol–water partition coefficient (Wildman–Crippen LogP) is 1.72. The standard InChI is InChI=1S/C14H20N2O5/c1-4-16(8-14(2,3)21)13(20)15-10-7-5-6-9(11(10)17)12(18)19/h5-7,17,21H,4,8H2,1-3H3,(H,15,20)(H,18,19). The SMILES string of the molecule is CCN(CC(C)(C)O)C(=O)Nc1cccc(C(=O)O)c1O. The molecule has 0 saturated heterocycles. The molecule has 4 N–H and O–H groups in total. The lowest BCUT2D eigenvalue weighted by Gasteiger charge is -2.28. The van der Waals surface area contributed by atoms with E-state index in [-0.39, 0.29) is 17.8 Å². The molecular formula is C14H20N2O5. The van der Waals surface area contributed by atoms with Crippen LogP contribution in [0.2, 0.25) is 0 Å². The van der Waals surface area contributed by atoms with Gasteiger partial charge in [-0.3, -0.25) is 0 Å². The first-order chi connectivity index (χ1) is 9.65. The minimum atomic E-state index is -1.28. The van der Waals surface area contributed by atoms with Gasteiger partial charge in [-0.2, -0.15) is 0 Å². The Kier molecular flexibility index (Phi) is 5.15. The van der Waals surface area contributed by atoms with E-state index in [1.54, 1.807) is 20.8 Å². The summed E-state index contributed by atoms with van der Waals surface area (Å²) in [6.07, 6.45) is 0. The molecule has 0 radical (unpaired) electrons. The number of nitrogens with zero attached hydrogens (tertiary/aromatic N) is 1. The number of carbonyl (C=O) groups is 2. The zero-order valence-corrected chi connectivity index (χ0v) is 12.3. The molecule has 0 unspecified atom stereocenters. The smallest absolute Gasteiger partial charge is 0.339 e. The first-order valence-electron chi connectivity index (χ1n) is 6.49. The van der Waals surface area contributed by atoms with Crippen molar-refractivity contribution in [3.63, 3.8) is 0 Å². The molecule has 0 heterocycles. The van der Waals surface area contributed by atoms with Gasteiger partial charge in [0.2, 0.25) is 0 Å². The van der Waals surface area contributed by atoms with E-state index in [2.05, 4.69) is 5.32 Å². The van der Waals surface area contributed by atoms with Crippen LogP contribution in [0.1, 0.15) is 31.1 Å². The highest BCUT2D eigenvalue weighted by atomic mass is 16.4. The first-order valence-corrected chi connectivity index (χ1v) is 6.49. The third-order valence-corrected chi connectivity index (χ3v) is 2.75. The van der Waals surface area contributed by atoms with Crippen LogP contribution < -0.4 is 5.32 Å². The van der Waals surface area contributed by atoms with Crippen LogP contribution in [0, 0.1) is 0 Å². The van der Waals surface area contributed by atoms with Gasteiger partial charge in [0.25, 0.3) is 0 Å². The fourth-order valence-corrected chi connectivity index (χ4v) is 1.81. The Morgan fingerprint density at radius 2 is 1.95 bits per heavy atom. The van der Waals surface area contributed by atoms with Gasteiger partial charge in [-0.1, -0.05) is 6.07 Å². The van der Waals surface area contributed by atoms with Crippen LogP contribution >= 0.6 is 0 Å². The van der Waals surface area contributed by atoms with Crippen molar-refractivity contribution in [2.75, 3.05) is 18.4 Å². The van der Waals surface area contributed by atoms with E-state index >= 15 is 0 Å². The summed E-state index contributed by atoms with van der Waals surface area (Å²) in [4.78, 5) is 24.4. The Morgan fingerprint density at radius 3 is 2.43 bits per heavy atom. The van der Waals surface area contributed by atoms with E-state index in [0.717, 1.165) is 0 Å². The number of amides is 2. The number of hydrogen-bond donors (Lipinski definition) is 4. The van der Waals surface area contributed by atoms with E-state index in [1.165, 1.54) is 23.1 Å². The summed E-state index contributed by atoms with van der Waals surface area (Å²) in [5.74, 6) is -1.79. The normalized spacial score (nSPS) is 11.0. The van der Waals surface area contributed by atoms with Crippen LogP contribution in [-0.4, -0.2) is 50.9 Å². The van der Waals surface area contributed by atoms with Gasteiger partial charge in [-0.15, -0.1) is 0 Å². The number of aromatic hydroxyl groups is 1. The summed E-state index contributed by atoms with van der Waals surface area (Å²) in [6.45, 7) is 5.36. The molecule has 1 aromatic rings. The second kappa shape index (κ2) is 6.45. The first kappa shape index (κ1) is 16.8. The zero-order chi connectivity index (χ0) is 16.2. The molecule has 2 amide bonds.